The number of thioether (sulfide) groups is 1. The van der Waals surface area contributed by atoms with Crippen LogP contribution in [0, 0.1) is 0 Å². The van der Waals surface area contributed by atoms with E-state index >= 15 is 0 Å². The highest BCUT2D eigenvalue weighted by molar-refractivity contribution is 7.98. The predicted molar refractivity (Wildman–Crippen MR) is 84.2 cm³/mol. The van der Waals surface area contributed by atoms with E-state index in [2.05, 4.69) is 43.4 Å². The molecule has 0 aliphatic rings. The lowest BCUT2D eigenvalue weighted by Crippen LogP contribution is -2.08. The van der Waals surface area contributed by atoms with Crippen LogP contribution in [-0.4, -0.2) is 21.1 Å². The van der Waals surface area contributed by atoms with Crippen LogP contribution in [0.5, 0.6) is 0 Å². The number of aromatic nitrogens is 2. The molecule has 0 saturated carbocycles. The quantitative estimate of drug-likeness (QED) is 0.828. The molecule has 0 fully saturated rings. The maximum atomic E-state index is 10.4. The van der Waals surface area contributed by atoms with Gasteiger partial charge in [0, 0.05) is 23.6 Å². The Hall–Kier alpha value is -1.26. The van der Waals surface area contributed by atoms with Gasteiger partial charge < -0.3 is 5.11 Å². The molecule has 1 atom stereocenters. The fraction of sp³-hybridized carbons (Fsp3) is 0.438. The SMILES string of the molecule is CCc1cc(CC(O)c2ccc(SC)cc2)n(CC)n1. The first kappa shape index (κ1) is 15.1. The normalized spacial score (nSPS) is 12.6. The summed E-state index contributed by atoms with van der Waals surface area (Å²) < 4.78 is 1.98. The van der Waals surface area contributed by atoms with Gasteiger partial charge in [0.05, 0.1) is 11.8 Å². The minimum absolute atomic E-state index is 0.474. The molecule has 0 spiro atoms. The fourth-order valence-corrected chi connectivity index (χ4v) is 2.68. The molecule has 2 rings (SSSR count). The number of nitrogens with zero attached hydrogens (tertiary/aromatic N) is 2. The second-order valence-electron chi connectivity index (χ2n) is 4.79. The summed E-state index contributed by atoms with van der Waals surface area (Å²) >= 11 is 1.71. The molecule has 20 heavy (non-hydrogen) atoms. The Labute approximate surface area is 125 Å². The zero-order valence-corrected chi connectivity index (χ0v) is 13.2. The molecule has 1 unspecified atom stereocenters. The molecule has 2 aromatic rings. The standard InChI is InChI=1S/C16H22N2OS/c1-4-13-10-14(18(5-2)17-13)11-16(19)12-6-8-15(20-3)9-7-12/h6-10,16,19H,4-5,11H2,1-3H3. The van der Waals surface area contributed by atoms with Gasteiger partial charge >= 0.3 is 0 Å². The van der Waals surface area contributed by atoms with E-state index in [-0.39, 0.29) is 0 Å². The van der Waals surface area contributed by atoms with Gasteiger partial charge in [0.25, 0.3) is 0 Å². The van der Waals surface area contributed by atoms with E-state index in [0.717, 1.165) is 29.9 Å². The zero-order chi connectivity index (χ0) is 14.5. The average molecular weight is 290 g/mol. The average Bonchev–Trinajstić information content (AvgIpc) is 2.89. The minimum atomic E-state index is -0.474. The summed E-state index contributed by atoms with van der Waals surface area (Å²) in [5.74, 6) is 0. The lowest BCUT2D eigenvalue weighted by molar-refractivity contribution is 0.175. The molecule has 108 valence electrons. The van der Waals surface area contributed by atoms with Crippen LogP contribution in [0.3, 0.4) is 0 Å². The molecule has 1 heterocycles. The van der Waals surface area contributed by atoms with Gasteiger partial charge in [-0.1, -0.05) is 19.1 Å². The Morgan fingerprint density at radius 3 is 2.50 bits per heavy atom. The first-order chi connectivity index (χ1) is 9.67. The molecular weight excluding hydrogens is 268 g/mol. The summed E-state index contributed by atoms with van der Waals surface area (Å²) in [5, 5.41) is 14.9. The smallest absolute Gasteiger partial charge is 0.0845 e. The first-order valence-electron chi connectivity index (χ1n) is 7.05. The van der Waals surface area contributed by atoms with E-state index in [1.165, 1.54) is 4.90 Å². The third-order valence-electron chi connectivity index (χ3n) is 3.48. The number of hydrogen-bond donors (Lipinski definition) is 1. The van der Waals surface area contributed by atoms with Gasteiger partial charge in [-0.25, -0.2) is 0 Å². The van der Waals surface area contributed by atoms with Gasteiger partial charge in [0.2, 0.25) is 0 Å². The molecule has 1 aromatic carbocycles. The van der Waals surface area contributed by atoms with Crippen LogP contribution >= 0.6 is 11.8 Å². The third-order valence-corrected chi connectivity index (χ3v) is 4.22. The summed E-state index contributed by atoms with van der Waals surface area (Å²) in [6.45, 7) is 5.02. The van der Waals surface area contributed by atoms with E-state index in [1.54, 1.807) is 11.8 Å². The van der Waals surface area contributed by atoms with Crippen molar-refractivity contribution in [1.82, 2.24) is 9.78 Å². The lowest BCUT2D eigenvalue weighted by Gasteiger charge is -2.12. The van der Waals surface area contributed by atoms with Crippen LogP contribution in [0.25, 0.3) is 0 Å². The van der Waals surface area contributed by atoms with Crippen molar-refractivity contribution in [3.8, 4) is 0 Å². The summed E-state index contributed by atoms with van der Waals surface area (Å²) in [5.41, 5.74) is 3.15. The van der Waals surface area contributed by atoms with Crippen LogP contribution < -0.4 is 0 Å². The number of hydrogen-bond acceptors (Lipinski definition) is 3. The fourth-order valence-electron chi connectivity index (χ4n) is 2.27. The Balaban J connectivity index is 2.13. The topological polar surface area (TPSA) is 38.0 Å². The van der Waals surface area contributed by atoms with Crippen molar-refractivity contribution in [2.45, 2.75) is 44.2 Å². The monoisotopic (exact) mass is 290 g/mol. The number of aryl methyl sites for hydroxylation is 2. The van der Waals surface area contributed by atoms with Crippen molar-refractivity contribution in [2.75, 3.05) is 6.26 Å². The van der Waals surface area contributed by atoms with Gasteiger partial charge in [-0.15, -0.1) is 11.8 Å². The van der Waals surface area contributed by atoms with Gasteiger partial charge in [-0.2, -0.15) is 5.10 Å². The van der Waals surface area contributed by atoms with E-state index < -0.39 is 6.10 Å². The molecule has 0 saturated heterocycles. The van der Waals surface area contributed by atoms with Crippen LogP contribution in [0.4, 0.5) is 0 Å². The highest BCUT2D eigenvalue weighted by atomic mass is 32.2. The van der Waals surface area contributed by atoms with Crippen molar-refractivity contribution < 1.29 is 5.11 Å². The second kappa shape index (κ2) is 6.95. The molecular formula is C16H22N2OS. The maximum Gasteiger partial charge on any atom is 0.0845 e. The Morgan fingerprint density at radius 2 is 1.95 bits per heavy atom. The van der Waals surface area contributed by atoms with Crippen LogP contribution in [0.2, 0.25) is 0 Å². The van der Waals surface area contributed by atoms with E-state index in [9.17, 15) is 5.11 Å². The number of rotatable bonds is 6. The summed E-state index contributed by atoms with van der Waals surface area (Å²) in [6, 6.07) is 10.2. The number of aliphatic hydroxyl groups is 1. The molecule has 0 bridgehead atoms. The predicted octanol–water partition coefficient (Wildman–Crippen LogP) is 3.46. The third kappa shape index (κ3) is 3.44. The Morgan fingerprint density at radius 1 is 1.25 bits per heavy atom. The number of aliphatic hydroxyl groups excluding tert-OH is 1. The Bertz CT molecular complexity index is 548. The van der Waals surface area contributed by atoms with Crippen molar-refractivity contribution in [1.29, 1.82) is 0 Å². The molecule has 1 aromatic heterocycles. The van der Waals surface area contributed by atoms with Crippen LogP contribution in [-0.2, 0) is 19.4 Å². The van der Waals surface area contributed by atoms with Crippen molar-refractivity contribution in [3.05, 3.63) is 47.3 Å². The van der Waals surface area contributed by atoms with Crippen molar-refractivity contribution in [2.24, 2.45) is 0 Å². The molecule has 0 aliphatic carbocycles. The van der Waals surface area contributed by atoms with E-state index in [1.807, 2.05) is 16.8 Å². The first-order valence-corrected chi connectivity index (χ1v) is 8.28. The number of benzene rings is 1. The zero-order valence-electron chi connectivity index (χ0n) is 12.3. The summed E-state index contributed by atoms with van der Waals surface area (Å²) in [7, 11) is 0. The van der Waals surface area contributed by atoms with Gasteiger partial charge in [-0.05, 0) is 43.4 Å². The highest BCUT2D eigenvalue weighted by Crippen LogP contribution is 2.22. The molecule has 3 nitrogen and oxygen atoms in total. The molecule has 4 heteroatoms. The minimum Gasteiger partial charge on any atom is -0.388 e. The second-order valence-corrected chi connectivity index (χ2v) is 5.67. The van der Waals surface area contributed by atoms with E-state index in [4.69, 9.17) is 0 Å². The molecule has 1 N–H and O–H groups in total. The van der Waals surface area contributed by atoms with Crippen LogP contribution in [0.15, 0.2) is 35.2 Å². The van der Waals surface area contributed by atoms with E-state index in [0.29, 0.717) is 6.42 Å². The maximum absolute atomic E-state index is 10.4. The largest absolute Gasteiger partial charge is 0.388 e. The van der Waals surface area contributed by atoms with Crippen molar-refractivity contribution >= 4 is 11.8 Å². The molecule has 0 radical (unpaired) electrons. The molecule has 0 aliphatic heterocycles. The van der Waals surface area contributed by atoms with Gasteiger partial charge in [0.1, 0.15) is 0 Å². The van der Waals surface area contributed by atoms with Gasteiger partial charge in [0.15, 0.2) is 0 Å². The summed E-state index contributed by atoms with van der Waals surface area (Å²) in [6.07, 6.45) is 3.12. The van der Waals surface area contributed by atoms with Crippen molar-refractivity contribution in [3.63, 3.8) is 0 Å². The van der Waals surface area contributed by atoms with Gasteiger partial charge in [-0.3, -0.25) is 4.68 Å². The lowest BCUT2D eigenvalue weighted by atomic mass is 10.0. The Kier molecular flexibility index (Phi) is 5.26. The highest BCUT2D eigenvalue weighted by Gasteiger charge is 2.13. The molecule has 0 amide bonds. The van der Waals surface area contributed by atoms with Crippen LogP contribution in [0.1, 0.15) is 36.9 Å². The summed E-state index contributed by atoms with van der Waals surface area (Å²) in [4.78, 5) is 1.22.